The van der Waals surface area contributed by atoms with Crippen molar-refractivity contribution in [1.82, 2.24) is 19.5 Å². The van der Waals surface area contributed by atoms with Crippen LogP contribution in [0.15, 0.2) is 429 Å². The van der Waals surface area contributed by atoms with E-state index in [1.807, 2.05) is 72.4 Å². The molecule has 0 radical (unpaired) electrons. The Kier molecular flexibility index (Phi) is 16.7. The van der Waals surface area contributed by atoms with Crippen LogP contribution in [-0.2, 0) is 49.9 Å². The highest BCUT2D eigenvalue weighted by Crippen LogP contribution is 2.68. The molecule has 3 spiro atoms. The molecule has 0 bridgehead atoms. The molecular formula is C121H85N4O3PS. The van der Waals surface area contributed by atoms with Gasteiger partial charge in [0.15, 0.2) is 7.14 Å². The van der Waals surface area contributed by atoms with Gasteiger partial charge < -0.3 is 14.0 Å². The Balaban J connectivity index is 0.567. The van der Waals surface area contributed by atoms with E-state index in [0.29, 0.717) is 23.9 Å². The van der Waals surface area contributed by atoms with E-state index < -0.39 is 34.2 Å². The molecule has 17 aromatic carbocycles. The van der Waals surface area contributed by atoms with E-state index >= 15 is 4.57 Å². The average Bonchev–Trinajstić information content (AvgIpc) is 0.747. The molecule has 0 unspecified atom stereocenters. The van der Waals surface area contributed by atoms with Crippen molar-refractivity contribution in [1.29, 1.82) is 0 Å². The van der Waals surface area contributed by atoms with Crippen LogP contribution in [0.25, 0.3) is 61.0 Å². The zero-order valence-electron chi connectivity index (χ0n) is 72.1. The highest BCUT2D eigenvalue weighted by Gasteiger charge is 2.58. The monoisotopic (exact) mass is 1700 g/mol. The molecule has 26 rings (SSSR count). The first-order valence-corrected chi connectivity index (χ1v) is 47.6. The molecule has 6 heterocycles. The summed E-state index contributed by atoms with van der Waals surface area (Å²) in [6.07, 6.45) is 5.54. The van der Waals surface area contributed by atoms with Crippen molar-refractivity contribution in [2.75, 3.05) is 0 Å². The molecule has 0 amide bonds. The molecule has 0 saturated carbocycles. The fraction of sp³-hybridized carbons (Fsp3) is 0.0992. The summed E-state index contributed by atoms with van der Waals surface area (Å²) in [6, 6.07) is 148. The van der Waals surface area contributed by atoms with Gasteiger partial charge in [-0.1, -0.05) is 379 Å². The molecule has 3 aliphatic carbocycles. The van der Waals surface area contributed by atoms with E-state index in [-0.39, 0.29) is 5.41 Å². The Bertz CT molecular complexity index is 8050. The Morgan fingerprint density at radius 1 is 0.323 bits per heavy atom. The minimum Gasteiger partial charge on any atom is -0.457 e. The van der Waals surface area contributed by atoms with E-state index in [0.717, 1.165) is 117 Å². The zero-order valence-corrected chi connectivity index (χ0v) is 73.8. The third-order valence-corrected chi connectivity index (χ3v) is 34.3. The Morgan fingerprint density at radius 2 is 0.754 bits per heavy atom. The fourth-order valence-corrected chi connectivity index (χ4v) is 28.5. The van der Waals surface area contributed by atoms with Crippen LogP contribution in [0.3, 0.4) is 0 Å². The smallest absolute Gasteiger partial charge is 0.171 e. The number of imidazole rings is 1. The number of pyridine rings is 2. The predicted molar refractivity (Wildman–Crippen MR) is 526 cm³/mol. The first-order chi connectivity index (χ1) is 63.8. The second kappa shape index (κ2) is 28.4. The maximum Gasteiger partial charge on any atom is 0.171 e. The Hall–Kier alpha value is -14.8. The summed E-state index contributed by atoms with van der Waals surface area (Å²) >= 11 is 1.88. The highest BCUT2D eigenvalue weighted by molar-refractivity contribution is 7.99. The van der Waals surface area contributed by atoms with Gasteiger partial charge in [0.2, 0.25) is 0 Å². The number of nitrogens with zero attached hydrogens (tertiary/aromatic N) is 4. The van der Waals surface area contributed by atoms with Gasteiger partial charge in [-0.3, -0.25) is 14.5 Å². The van der Waals surface area contributed by atoms with Crippen molar-refractivity contribution in [3.63, 3.8) is 0 Å². The van der Waals surface area contributed by atoms with Gasteiger partial charge in [-0.15, -0.1) is 0 Å². The minimum absolute atomic E-state index is 0.196. The summed E-state index contributed by atoms with van der Waals surface area (Å²) in [6.45, 7) is 9.65. The second-order valence-electron chi connectivity index (χ2n) is 37.0. The third-order valence-electron chi connectivity index (χ3n) is 30.0. The van der Waals surface area contributed by atoms with Gasteiger partial charge in [0.1, 0.15) is 28.8 Å². The normalized spacial score (nSPS) is 15.6. The number of benzene rings is 17. The number of fused-ring (bicyclic) bond motifs is 28. The van der Waals surface area contributed by atoms with E-state index in [1.54, 1.807) is 0 Å². The predicted octanol–water partition coefficient (Wildman–Crippen LogP) is 27.3. The molecule has 0 saturated heterocycles. The topological polar surface area (TPSA) is 79.1 Å². The Morgan fingerprint density at radius 3 is 1.33 bits per heavy atom. The lowest BCUT2D eigenvalue weighted by molar-refractivity contribution is 0.422. The van der Waals surface area contributed by atoms with Gasteiger partial charge in [-0.05, 0) is 174 Å². The summed E-state index contributed by atoms with van der Waals surface area (Å²) in [5, 5.41) is 4.36. The van der Waals surface area contributed by atoms with Crippen molar-refractivity contribution in [3.05, 3.63) is 530 Å². The molecule has 3 aliphatic heterocycles. The molecule has 0 atom stereocenters. The van der Waals surface area contributed by atoms with Crippen LogP contribution < -0.4 is 25.4 Å². The average molecular weight is 1710 g/mol. The van der Waals surface area contributed by atoms with Crippen LogP contribution in [0.5, 0.6) is 23.0 Å². The molecule has 6 aliphatic rings. The molecule has 9 heteroatoms. The van der Waals surface area contributed by atoms with E-state index in [9.17, 15) is 0 Å². The van der Waals surface area contributed by atoms with E-state index in [4.69, 9.17) is 24.4 Å². The summed E-state index contributed by atoms with van der Waals surface area (Å²) in [5.41, 5.74) is 28.5. The molecule has 0 fully saturated rings. The number of hydrogen-bond acceptors (Lipinski definition) is 7. The summed E-state index contributed by atoms with van der Waals surface area (Å²) < 4.78 is 33.3. The zero-order chi connectivity index (χ0) is 86.6. The molecular weight excluding hydrogens is 1620 g/mol. The lowest BCUT2D eigenvalue weighted by Crippen LogP contribution is -2.45. The molecule has 3 aromatic heterocycles. The minimum atomic E-state index is -3.39. The van der Waals surface area contributed by atoms with Gasteiger partial charge in [0, 0.05) is 98.6 Å². The summed E-state index contributed by atoms with van der Waals surface area (Å²) in [7, 11) is -3.39. The van der Waals surface area contributed by atoms with Crippen LogP contribution in [0, 0.1) is 0 Å². The van der Waals surface area contributed by atoms with Gasteiger partial charge in [0.05, 0.1) is 43.9 Å². The molecule has 0 N–H and O–H groups in total. The van der Waals surface area contributed by atoms with Crippen LogP contribution in [0.1, 0.15) is 139 Å². The molecule has 20 aromatic rings. The largest absolute Gasteiger partial charge is 0.457 e. The number of hydrogen-bond donors (Lipinski definition) is 0. The highest BCUT2D eigenvalue weighted by atomic mass is 32.2. The molecule has 130 heavy (non-hydrogen) atoms. The first kappa shape index (κ1) is 76.4. The quantitative estimate of drug-likeness (QED) is 0.0997. The van der Waals surface area contributed by atoms with E-state index in [1.165, 1.54) is 93.2 Å². The fourth-order valence-electron chi connectivity index (χ4n) is 24.5. The SMILES string of the molecule is CC1(C)c2ccccc2C2(c3ccccc3Sc3c(-c4cnc5c(ccc6cc(CC7(C)c8ccccc8C8(c9ccccc9Oc9c(-c%10nc%11ccc(CC%12(C)c%13ccccc%13C%13(c%14ccccc%14Oc%14cc(P(=O)(c%15ccccc%15)c%15ccccc%15)ccc%14%13)c%13ccccc%13%12)cc%11n%10-c%10ccccc%10)cccc98)c8ccccc87)cnc65)c4)cccc32)c2ccccc21. The summed E-state index contributed by atoms with van der Waals surface area (Å²) in [4.78, 5) is 19.2. The Labute approximate surface area is 759 Å². The maximum atomic E-state index is 16.2. The van der Waals surface area contributed by atoms with Crippen molar-refractivity contribution in [2.45, 2.75) is 82.8 Å². The van der Waals surface area contributed by atoms with Gasteiger partial charge in [-0.2, -0.15) is 0 Å². The lowest BCUT2D eigenvalue weighted by atomic mass is 9.52. The van der Waals surface area contributed by atoms with Crippen LogP contribution in [0.4, 0.5) is 0 Å². The van der Waals surface area contributed by atoms with E-state index in [2.05, 4.69) is 390 Å². The van der Waals surface area contributed by atoms with Gasteiger partial charge in [-0.25, -0.2) is 4.98 Å². The van der Waals surface area contributed by atoms with Crippen molar-refractivity contribution >= 4 is 67.7 Å². The summed E-state index contributed by atoms with van der Waals surface area (Å²) in [5.74, 6) is 3.80. The molecule has 618 valence electrons. The third kappa shape index (κ3) is 10.5. The number of para-hydroxylation sites is 4. The van der Waals surface area contributed by atoms with Crippen molar-refractivity contribution in [3.8, 4) is 51.2 Å². The number of ether oxygens (including phenoxy) is 2. The van der Waals surface area contributed by atoms with Gasteiger partial charge in [0.25, 0.3) is 0 Å². The van der Waals surface area contributed by atoms with Crippen molar-refractivity contribution in [2.24, 2.45) is 0 Å². The van der Waals surface area contributed by atoms with Crippen LogP contribution in [0.2, 0.25) is 0 Å². The van der Waals surface area contributed by atoms with Crippen LogP contribution >= 0.6 is 18.9 Å². The first-order valence-electron chi connectivity index (χ1n) is 45.1. The number of aromatic nitrogens is 4. The van der Waals surface area contributed by atoms with Crippen molar-refractivity contribution < 1.29 is 14.0 Å². The molecule has 7 nitrogen and oxygen atoms in total. The van der Waals surface area contributed by atoms with Gasteiger partial charge >= 0.3 is 0 Å². The van der Waals surface area contributed by atoms with Crippen LogP contribution in [-0.4, -0.2) is 19.5 Å². The lowest BCUT2D eigenvalue weighted by Gasteiger charge is -2.51. The second-order valence-corrected chi connectivity index (χ2v) is 40.8. The standard InChI is InChI=1S/C121H85N4O3PS/c1-116(2)87-42-14-20-48-93(87)121(94-49-21-15-43-88(94)116)102-56-28-31-61-110(102)130-114-85(40-32-58-104(114)121)80-70-79-64-63-78-68-77(74-122-111(78)112(79)123-75-80)73-118(4)91-46-18-24-52-97(91)120(98-53-25-19-47-92(98)118)100-55-27-30-60-108(100)128-113-86(41-33-57-103(113)120)115-124-105-67-62-76(69-106(105)125(115)81-34-8-5-9-35-81)72-117(3)89-44-16-22-50-95(89)119(96-51-23-17-45-90(96)117)99-54-26-29-59-107(99)127-109-71-84(65-66-101(109)119)129(126,82-36-10-6-11-37-82)83-38-12-7-13-39-83/h5-71,74-75H,72-73H2,1-4H3. The number of rotatable bonds is 10. The maximum absolute atomic E-state index is 16.2.